The average Bonchev–Trinajstić information content (AvgIpc) is 3.50. The molecule has 2 amide bonds. The van der Waals surface area contributed by atoms with Gasteiger partial charge in [0, 0.05) is 30.3 Å². The van der Waals surface area contributed by atoms with Crippen molar-refractivity contribution in [3.05, 3.63) is 159 Å². The number of carbonyl (C=O) groups excluding carboxylic acids is 2. The summed E-state index contributed by atoms with van der Waals surface area (Å²) in [6, 6.07) is 27.8. The van der Waals surface area contributed by atoms with Gasteiger partial charge in [-0.2, -0.15) is 0 Å². The second-order valence-electron chi connectivity index (χ2n) is 12.2. The molecule has 0 fully saturated rings. The fourth-order valence-corrected chi connectivity index (χ4v) is 5.89. The van der Waals surface area contributed by atoms with Crippen molar-refractivity contribution in [3.63, 3.8) is 0 Å². The molecule has 0 unspecified atom stereocenters. The Hall–Kier alpha value is -6.82. The highest BCUT2D eigenvalue weighted by molar-refractivity contribution is 6.08. The topological polar surface area (TPSA) is 173 Å². The second-order valence-corrected chi connectivity index (χ2v) is 12.2. The summed E-state index contributed by atoms with van der Waals surface area (Å²) in [5.74, 6) is -2.42. The number of nitrogens with zero attached hydrogens (tertiary/aromatic N) is 3. The molecular formula is C40H35N5O7. The molecule has 0 radical (unpaired) electrons. The monoisotopic (exact) mass is 697 g/mol. The largest absolute Gasteiger partial charge is 0.478 e. The van der Waals surface area contributed by atoms with Gasteiger partial charge in [-0.25, -0.2) is 14.6 Å². The number of carboxylic acid groups (broad SMARTS) is 2. The van der Waals surface area contributed by atoms with Gasteiger partial charge >= 0.3 is 11.9 Å². The molecule has 52 heavy (non-hydrogen) atoms. The number of hydrogen-bond donors (Lipinski definition) is 4. The summed E-state index contributed by atoms with van der Waals surface area (Å²) in [4.78, 5) is 67.7. The van der Waals surface area contributed by atoms with Crippen LogP contribution in [0.25, 0.3) is 11.0 Å². The number of aromatic carboxylic acids is 2. The van der Waals surface area contributed by atoms with Crippen molar-refractivity contribution in [2.24, 2.45) is 0 Å². The Morgan fingerprint density at radius 3 is 1.67 bits per heavy atom. The minimum absolute atomic E-state index is 0.00871. The maximum atomic E-state index is 14.0. The van der Waals surface area contributed by atoms with Crippen LogP contribution in [0.5, 0.6) is 0 Å². The zero-order chi connectivity index (χ0) is 36.8. The molecule has 6 aromatic rings. The lowest BCUT2D eigenvalue weighted by atomic mass is 10.1. The van der Waals surface area contributed by atoms with E-state index in [2.05, 4.69) is 17.6 Å². The van der Waals surface area contributed by atoms with Crippen molar-refractivity contribution < 1.29 is 29.4 Å². The molecule has 4 N–H and O–H groups in total. The molecule has 0 bridgehead atoms. The summed E-state index contributed by atoms with van der Waals surface area (Å²) < 4.78 is 3.51. The minimum atomic E-state index is -1.15. The lowest BCUT2D eigenvalue weighted by Crippen LogP contribution is -2.23. The number of imidazole rings is 1. The first-order valence-electron chi connectivity index (χ1n) is 16.7. The van der Waals surface area contributed by atoms with E-state index in [0.717, 1.165) is 29.8 Å². The predicted molar refractivity (Wildman–Crippen MR) is 196 cm³/mol. The Balaban J connectivity index is 1.22. The average molecular weight is 698 g/mol. The van der Waals surface area contributed by atoms with Crippen LogP contribution in [-0.2, 0) is 19.5 Å². The number of rotatable bonds is 13. The molecular weight excluding hydrogens is 662 g/mol. The maximum absolute atomic E-state index is 14.0. The smallest absolute Gasteiger partial charge is 0.337 e. The molecule has 0 saturated heterocycles. The molecule has 0 saturated carbocycles. The van der Waals surface area contributed by atoms with E-state index in [0.29, 0.717) is 35.1 Å². The van der Waals surface area contributed by atoms with Crippen molar-refractivity contribution >= 4 is 46.2 Å². The second kappa shape index (κ2) is 15.4. The van der Waals surface area contributed by atoms with Crippen LogP contribution < -0.4 is 16.2 Å². The summed E-state index contributed by atoms with van der Waals surface area (Å²) in [5.41, 5.74) is 3.48. The van der Waals surface area contributed by atoms with Gasteiger partial charge in [0.25, 0.3) is 17.4 Å². The number of aromatic nitrogens is 3. The Morgan fingerprint density at radius 1 is 0.673 bits per heavy atom. The highest BCUT2D eigenvalue weighted by Gasteiger charge is 2.18. The molecule has 0 aliphatic rings. The van der Waals surface area contributed by atoms with E-state index in [4.69, 9.17) is 4.98 Å². The quantitative estimate of drug-likeness (QED) is 0.105. The van der Waals surface area contributed by atoms with Gasteiger partial charge in [-0.1, -0.05) is 61.9 Å². The summed E-state index contributed by atoms with van der Waals surface area (Å²) in [5, 5.41) is 24.2. The van der Waals surface area contributed by atoms with Crippen LogP contribution in [0.1, 0.15) is 78.1 Å². The number of carboxylic acids is 2. The number of pyridine rings is 1. The van der Waals surface area contributed by atoms with E-state index in [9.17, 15) is 34.2 Å². The van der Waals surface area contributed by atoms with Gasteiger partial charge in [-0.15, -0.1) is 0 Å². The molecule has 12 heteroatoms. The van der Waals surface area contributed by atoms with E-state index >= 15 is 0 Å². The van der Waals surface area contributed by atoms with E-state index in [-0.39, 0.29) is 34.6 Å². The molecule has 0 aliphatic heterocycles. The number of hydrogen-bond acceptors (Lipinski definition) is 6. The Kier molecular flexibility index (Phi) is 10.4. The van der Waals surface area contributed by atoms with Crippen molar-refractivity contribution in [2.45, 2.75) is 39.3 Å². The first-order chi connectivity index (χ1) is 25.1. The molecule has 12 nitrogen and oxygen atoms in total. The van der Waals surface area contributed by atoms with Crippen LogP contribution >= 0.6 is 0 Å². The SMILES string of the molecule is CCCCc1nc2ccn(Cc3ccc(C(=O)Nc4ccccc4C(=O)O)cc3)c(=O)c2n1Cc1ccc(C(=O)Nc2ccccc2C(=O)O)cc1. The highest BCUT2D eigenvalue weighted by atomic mass is 16.4. The number of amides is 2. The highest BCUT2D eigenvalue weighted by Crippen LogP contribution is 2.21. The normalized spacial score (nSPS) is 10.9. The van der Waals surface area contributed by atoms with Crippen molar-refractivity contribution in [2.75, 3.05) is 10.6 Å². The lowest BCUT2D eigenvalue weighted by molar-refractivity contribution is 0.0687. The number of unbranched alkanes of at least 4 members (excludes halogenated alkanes) is 1. The van der Waals surface area contributed by atoms with Crippen LogP contribution in [0.4, 0.5) is 11.4 Å². The van der Waals surface area contributed by atoms with Crippen LogP contribution in [0.3, 0.4) is 0 Å². The number of para-hydroxylation sites is 2. The first-order valence-corrected chi connectivity index (χ1v) is 16.7. The van der Waals surface area contributed by atoms with E-state index in [1.54, 1.807) is 83.6 Å². The summed E-state index contributed by atoms with van der Waals surface area (Å²) in [6.45, 7) is 2.67. The fourth-order valence-electron chi connectivity index (χ4n) is 5.89. The summed E-state index contributed by atoms with van der Waals surface area (Å²) in [7, 11) is 0. The Bertz CT molecular complexity index is 2360. The molecule has 0 atom stereocenters. The van der Waals surface area contributed by atoms with Gasteiger partial charge in [-0.05, 0) is 72.1 Å². The number of anilines is 2. The van der Waals surface area contributed by atoms with E-state index < -0.39 is 23.8 Å². The van der Waals surface area contributed by atoms with Gasteiger partial charge in [0.1, 0.15) is 11.3 Å². The number of benzene rings is 4. The van der Waals surface area contributed by atoms with Crippen LogP contribution in [0.15, 0.2) is 114 Å². The Morgan fingerprint density at radius 2 is 1.17 bits per heavy atom. The lowest BCUT2D eigenvalue weighted by Gasteiger charge is -2.12. The molecule has 2 aromatic heterocycles. The zero-order valence-corrected chi connectivity index (χ0v) is 28.2. The summed E-state index contributed by atoms with van der Waals surface area (Å²) >= 11 is 0. The van der Waals surface area contributed by atoms with Crippen molar-refractivity contribution in [1.82, 2.24) is 14.1 Å². The van der Waals surface area contributed by atoms with Crippen LogP contribution in [-0.4, -0.2) is 48.1 Å². The molecule has 262 valence electrons. The first kappa shape index (κ1) is 35.0. The molecule has 0 aliphatic carbocycles. The number of nitrogens with one attached hydrogen (secondary N) is 2. The van der Waals surface area contributed by atoms with E-state index in [1.807, 2.05) is 10.6 Å². The van der Waals surface area contributed by atoms with Gasteiger partial charge in [-0.3, -0.25) is 14.4 Å². The maximum Gasteiger partial charge on any atom is 0.337 e. The third-order valence-electron chi connectivity index (χ3n) is 8.64. The zero-order valence-electron chi connectivity index (χ0n) is 28.2. The predicted octanol–water partition coefficient (Wildman–Crippen LogP) is 6.54. The third-order valence-corrected chi connectivity index (χ3v) is 8.64. The minimum Gasteiger partial charge on any atom is -0.478 e. The standard InChI is InChI=1S/C40H35N5O7/c1-2-3-12-34-41-33-21-22-44(23-25-13-17-27(18-14-25)36(46)42-31-10-6-4-8-29(31)39(49)50)38(48)35(33)45(34)24-26-15-19-28(20-16-26)37(47)43-32-11-7-5-9-30(32)40(51)52/h4-11,13-22H,2-3,12,23-24H2,1H3,(H,42,46)(H,43,47)(H,49,50)(H,51,52). The van der Waals surface area contributed by atoms with Gasteiger partial charge in [0.2, 0.25) is 0 Å². The molecule has 2 heterocycles. The van der Waals surface area contributed by atoms with E-state index in [1.165, 1.54) is 24.3 Å². The van der Waals surface area contributed by atoms with Crippen molar-refractivity contribution in [3.8, 4) is 0 Å². The van der Waals surface area contributed by atoms with Crippen LogP contribution in [0.2, 0.25) is 0 Å². The van der Waals surface area contributed by atoms with Crippen molar-refractivity contribution in [1.29, 1.82) is 0 Å². The summed E-state index contributed by atoms with van der Waals surface area (Å²) in [6.07, 6.45) is 4.21. The fraction of sp³-hybridized carbons (Fsp3) is 0.150. The number of carbonyl (C=O) groups is 4. The third kappa shape index (κ3) is 7.65. The van der Waals surface area contributed by atoms with Gasteiger partial charge in [0.05, 0.1) is 34.6 Å². The number of fused-ring (bicyclic) bond motifs is 1. The molecule has 6 rings (SSSR count). The molecule has 0 spiro atoms. The number of aryl methyl sites for hydroxylation is 1. The van der Waals surface area contributed by atoms with Gasteiger partial charge < -0.3 is 30.0 Å². The van der Waals surface area contributed by atoms with Gasteiger partial charge in [0.15, 0.2) is 0 Å². The Labute approximate surface area is 298 Å². The van der Waals surface area contributed by atoms with Crippen LogP contribution in [0, 0.1) is 0 Å². The molecule has 4 aromatic carbocycles.